The molecule has 1 aromatic heterocycles. The van der Waals surface area contributed by atoms with Crippen molar-refractivity contribution >= 4 is 11.6 Å². The van der Waals surface area contributed by atoms with Crippen LogP contribution in [0.25, 0.3) is 11.3 Å². The van der Waals surface area contributed by atoms with E-state index in [9.17, 15) is 4.79 Å². The molecule has 18 heavy (non-hydrogen) atoms. The van der Waals surface area contributed by atoms with E-state index < -0.39 is 0 Å². The predicted molar refractivity (Wildman–Crippen MR) is 71.2 cm³/mol. The monoisotopic (exact) mass is 244 g/mol. The van der Waals surface area contributed by atoms with E-state index in [4.69, 9.17) is 10.2 Å². The molecule has 2 rings (SSSR count). The fourth-order valence-corrected chi connectivity index (χ4v) is 1.66. The van der Waals surface area contributed by atoms with E-state index in [0.717, 1.165) is 5.56 Å². The Hall–Kier alpha value is -2.23. The molecule has 4 heteroatoms. The first-order valence-electron chi connectivity index (χ1n) is 5.83. The summed E-state index contributed by atoms with van der Waals surface area (Å²) in [6.07, 6.45) is 0. The Morgan fingerprint density at radius 2 is 1.94 bits per heavy atom. The summed E-state index contributed by atoms with van der Waals surface area (Å²) in [6, 6.07) is 10.9. The molecule has 1 heterocycles. The molecule has 1 aromatic carbocycles. The molecule has 0 aliphatic rings. The minimum atomic E-state index is -0.217. The third-order valence-corrected chi connectivity index (χ3v) is 2.48. The highest BCUT2D eigenvalue weighted by Crippen LogP contribution is 2.27. The number of amides is 1. The van der Waals surface area contributed by atoms with Crippen LogP contribution in [0, 0.1) is 0 Å². The highest BCUT2D eigenvalue weighted by molar-refractivity contribution is 5.92. The van der Waals surface area contributed by atoms with E-state index in [0.29, 0.717) is 17.2 Å². The van der Waals surface area contributed by atoms with Gasteiger partial charge < -0.3 is 15.5 Å². The van der Waals surface area contributed by atoms with Crippen LogP contribution in [0.3, 0.4) is 0 Å². The molecular formula is C14H16N2O2. The Morgan fingerprint density at radius 1 is 1.22 bits per heavy atom. The lowest BCUT2D eigenvalue weighted by Crippen LogP contribution is -2.29. The highest BCUT2D eigenvalue weighted by atomic mass is 16.3. The molecule has 2 aromatic rings. The third kappa shape index (κ3) is 2.53. The number of para-hydroxylation sites is 1. The molecule has 0 saturated carbocycles. The first-order chi connectivity index (χ1) is 8.58. The molecule has 0 atom stereocenters. The SMILES string of the molecule is CC(C)NC(=O)c1ccc(-c2ccccc2N)o1. The van der Waals surface area contributed by atoms with E-state index in [1.165, 1.54) is 0 Å². The molecular weight excluding hydrogens is 228 g/mol. The van der Waals surface area contributed by atoms with Crippen LogP contribution in [0.1, 0.15) is 24.4 Å². The number of nitrogen functional groups attached to an aromatic ring is 1. The molecule has 0 spiro atoms. The Bertz CT molecular complexity index is 558. The maximum atomic E-state index is 11.7. The largest absolute Gasteiger partial charge is 0.451 e. The number of carbonyl (C=O) groups is 1. The lowest BCUT2D eigenvalue weighted by Gasteiger charge is -2.05. The van der Waals surface area contributed by atoms with Crippen LogP contribution in [-0.2, 0) is 0 Å². The van der Waals surface area contributed by atoms with Gasteiger partial charge in [0.05, 0.1) is 0 Å². The number of nitrogens with one attached hydrogen (secondary N) is 1. The summed E-state index contributed by atoms with van der Waals surface area (Å²) in [6.45, 7) is 3.80. The fourth-order valence-electron chi connectivity index (χ4n) is 1.66. The maximum Gasteiger partial charge on any atom is 0.287 e. The minimum Gasteiger partial charge on any atom is -0.451 e. The van der Waals surface area contributed by atoms with Crippen molar-refractivity contribution in [2.45, 2.75) is 19.9 Å². The van der Waals surface area contributed by atoms with Gasteiger partial charge in [-0.25, -0.2) is 0 Å². The minimum absolute atomic E-state index is 0.0767. The Kier molecular flexibility index (Phi) is 3.37. The number of benzene rings is 1. The summed E-state index contributed by atoms with van der Waals surface area (Å²) in [7, 11) is 0. The van der Waals surface area contributed by atoms with Gasteiger partial charge in [-0.05, 0) is 38.1 Å². The van der Waals surface area contributed by atoms with Crippen LogP contribution < -0.4 is 11.1 Å². The zero-order valence-electron chi connectivity index (χ0n) is 10.4. The number of hydrogen-bond acceptors (Lipinski definition) is 3. The summed E-state index contributed by atoms with van der Waals surface area (Å²) < 4.78 is 5.52. The van der Waals surface area contributed by atoms with Gasteiger partial charge in [-0.3, -0.25) is 4.79 Å². The third-order valence-electron chi connectivity index (χ3n) is 2.48. The quantitative estimate of drug-likeness (QED) is 0.815. The molecule has 94 valence electrons. The first-order valence-corrected chi connectivity index (χ1v) is 5.83. The van der Waals surface area contributed by atoms with E-state index in [1.807, 2.05) is 32.0 Å². The molecule has 0 saturated heterocycles. The van der Waals surface area contributed by atoms with Gasteiger partial charge in [-0.15, -0.1) is 0 Å². The maximum absolute atomic E-state index is 11.7. The van der Waals surface area contributed by atoms with Gasteiger partial charge in [0, 0.05) is 17.3 Å². The van der Waals surface area contributed by atoms with E-state index in [-0.39, 0.29) is 11.9 Å². The molecule has 0 aliphatic carbocycles. The average molecular weight is 244 g/mol. The van der Waals surface area contributed by atoms with E-state index in [2.05, 4.69) is 5.32 Å². The zero-order valence-corrected chi connectivity index (χ0v) is 10.4. The molecule has 1 amide bonds. The van der Waals surface area contributed by atoms with E-state index in [1.54, 1.807) is 18.2 Å². The molecule has 0 bridgehead atoms. The predicted octanol–water partition coefficient (Wildman–Crippen LogP) is 2.67. The summed E-state index contributed by atoms with van der Waals surface area (Å²) in [5.41, 5.74) is 7.28. The molecule has 4 nitrogen and oxygen atoms in total. The van der Waals surface area contributed by atoms with Crippen LogP contribution >= 0.6 is 0 Å². The van der Waals surface area contributed by atoms with Gasteiger partial charge in [0.25, 0.3) is 5.91 Å². The molecule has 0 radical (unpaired) electrons. The van der Waals surface area contributed by atoms with Crippen molar-refractivity contribution in [3.8, 4) is 11.3 Å². The van der Waals surface area contributed by atoms with Crippen molar-refractivity contribution in [1.82, 2.24) is 5.32 Å². The van der Waals surface area contributed by atoms with Gasteiger partial charge in [0.1, 0.15) is 5.76 Å². The standard InChI is InChI=1S/C14H16N2O2/c1-9(2)16-14(17)13-8-7-12(18-13)10-5-3-4-6-11(10)15/h3-9H,15H2,1-2H3,(H,16,17). The zero-order chi connectivity index (χ0) is 13.1. The second kappa shape index (κ2) is 4.96. The van der Waals surface area contributed by atoms with Crippen molar-refractivity contribution in [2.75, 3.05) is 5.73 Å². The molecule has 3 N–H and O–H groups in total. The Labute approximate surface area is 106 Å². The number of carbonyl (C=O) groups excluding carboxylic acids is 1. The number of rotatable bonds is 3. The number of furan rings is 1. The smallest absolute Gasteiger partial charge is 0.287 e. The van der Waals surface area contributed by atoms with Crippen molar-refractivity contribution in [1.29, 1.82) is 0 Å². The van der Waals surface area contributed by atoms with Crippen molar-refractivity contribution in [3.63, 3.8) is 0 Å². The number of nitrogens with two attached hydrogens (primary N) is 1. The van der Waals surface area contributed by atoms with Crippen molar-refractivity contribution in [3.05, 3.63) is 42.2 Å². The van der Waals surface area contributed by atoms with Gasteiger partial charge >= 0.3 is 0 Å². The number of anilines is 1. The van der Waals surface area contributed by atoms with Crippen molar-refractivity contribution < 1.29 is 9.21 Å². The lowest BCUT2D eigenvalue weighted by molar-refractivity contribution is 0.0916. The normalized spacial score (nSPS) is 10.6. The topological polar surface area (TPSA) is 68.3 Å². The summed E-state index contributed by atoms with van der Waals surface area (Å²) >= 11 is 0. The molecule has 0 unspecified atom stereocenters. The average Bonchev–Trinajstić information content (AvgIpc) is 2.78. The van der Waals surface area contributed by atoms with Crippen molar-refractivity contribution in [2.24, 2.45) is 0 Å². The van der Waals surface area contributed by atoms with Crippen LogP contribution in [0.4, 0.5) is 5.69 Å². The Balaban J connectivity index is 2.26. The second-order valence-electron chi connectivity index (χ2n) is 4.38. The van der Waals surface area contributed by atoms with Crippen LogP contribution in [0.2, 0.25) is 0 Å². The summed E-state index contributed by atoms with van der Waals surface area (Å²) in [5, 5.41) is 2.77. The van der Waals surface area contributed by atoms with Gasteiger partial charge in [0.2, 0.25) is 0 Å². The van der Waals surface area contributed by atoms with Gasteiger partial charge in [-0.2, -0.15) is 0 Å². The summed E-state index contributed by atoms with van der Waals surface area (Å²) in [4.78, 5) is 11.7. The Morgan fingerprint density at radius 3 is 2.61 bits per heavy atom. The summed E-state index contributed by atoms with van der Waals surface area (Å²) in [5.74, 6) is 0.676. The number of hydrogen-bond donors (Lipinski definition) is 2. The van der Waals surface area contributed by atoms with Crippen LogP contribution in [-0.4, -0.2) is 11.9 Å². The van der Waals surface area contributed by atoms with Crippen LogP contribution in [0.5, 0.6) is 0 Å². The molecule has 0 fully saturated rings. The highest BCUT2D eigenvalue weighted by Gasteiger charge is 2.13. The molecule has 0 aliphatic heterocycles. The van der Waals surface area contributed by atoms with E-state index >= 15 is 0 Å². The van der Waals surface area contributed by atoms with Gasteiger partial charge in [-0.1, -0.05) is 12.1 Å². The first kappa shape index (κ1) is 12.2. The fraction of sp³-hybridized carbons (Fsp3) is 0.214. The van der Waals surface area contributed by atoms with Gasteiger partial charge in [0.15, 0.2) is 5.76 Å². The second-order valence-corrected chi connectivity index (χ2v) is 4.38. The lowest BCUT2D eigenvalue weighted by atomic mass is 10.1. The van der Waals surface area contributed by atoms with Crippen LogP contribution in [0.15, 0.2) is 40.8 Å².